The van der Waals surface area contributed by atoms with E-state index in [9.17, 15) is 14.4 Å². The van der Waals surface area contributed by atoms with E-state index in [2.05, 4.69) is 22.8 Å². The van der Waals surface area contributed by atoms with Gasteiger partial charge in [0.25, 0.3) is 0 Å². The van der Waals surface area contributed by atoms with Crippen LogP contribution in [0.5, 0.6) is 0 Å². The molecule has 0 spiro atoms. The van der Waals surface area contributed by atoms with Crippen LogP contribution in [0.3, 0.4) is 0 Å². The number of likely N-dealkylation sites (N-methyl/N-ethyl adjacent to an activating group) is 1. The van der Waals surface area contributed by atoms with Crippen molar-refractivity contribution in [2.45, 2.75) is 19.3 Å². The number of piperidine rings is 1. The molecule has 2 N–H and O–H groups in total. The normalized spacial score (nSPS) is 17.3. The first-order chi connectivity index (χ1) is 13.5. The molecule has 0 bridgehead atoms. The Morgan fingerprint density at radius 1 is 1.14 bits per heavy atom. The van der Waals surface area contributed by atoms with Crippen molar-refractivity contribution in [1.29, 1.82) is 0 Å². The Morgan fingerprint density at radius 2 is 1.93 bits per heavy atom. The third kappa shape index (κ3) is 3.63. The van der Waals surface area contributed by atoms with Gasteiger partial charge in [-0.05, 0) is 47.2 Å². The zero-order valence-electron chi connectivity index (χ0n) is 15.8. The van der Waals surface area contributed by atoms with Crippen LogP contribution in [0.2, 0.25) is 0 Å². The number of fused-ring (bicyclic) bond motifs is 3. The van der Waals surface area contributed by atoms with Crippen molar-refractivity contribution < 1.29 is 14.4 Å². The molecule has 1 aliphatic heterocycles. The Hall–Kier alpha value is -3.15. The summed E-state index contributed by atoms with van der Waals surface area (Å²) >= 11 is 0. The molecule has 3 amide bonds. The molecule has 0 aromatic heterocycles. The number of carbonyl (C=O) groups is 3. The van der Waals surface area contributed by atoms with E-state index in [1.54, 1.807) is 7.05 Å². The number of rotatable bonds is 4. The van der Waals surface area contributed by atoms with Crippen LogP contribution in [0.1, 0.15) is 24.0 Å². The van der Waals surface area contributed by atoms with Gasteiger partial charge in [0.15, 0.2) is 0 Å². The summed E-state index contributed by atoms with van der Waals surface area (Å²) in [6.45, 7) is 0.329. The summed E-state index contributed by atoms with van der Waals surface area (Å²) in [4.78, 5) is 37.5. The second-order valence-electron chi connectivity index (χ2n) is 7.49. The highest BCUT2D eigenvalue weighted by molar-refractivity contribution is 5.95. The molecule has 1 saturated heterocycles. The van der Waals surface area contributed by atoms with Gasteiger partial charge in [-0.25, -0.2) is 0 Å². The van der Waals surface area contributed by atoms with Gasteiger partial charge in [-0.3, -0.25) is 14.4 Å². The lowest BCUT2D eigenvalue weighted by atomic mass is 9.98. The van der Waals surface area contributed by atoms with Crippen LogP contribution in [0.15, 0.2) is 42.5 Å². The van der Waals surface area contributed by atoms with Crippen LogP contribution in [0, 0.1) is 5.92 Å². The standard InChI is InChI=1S/C22H23N3O3/c1-25(22(28)15-6-9-20(26)23-12-15)13-21(27)24-17-7-8-19-16(11-17)10-14-4-2-3-5-18(14)19/h2-5,7-8,11,15H,6,9-10,12-13H2,1H3,(H,23,26)(H,24,27). The van der Waals surface area contributed by atoms with Crippen LogP contribution in [0.4, 0.5) is 5.69 Å². The van der Waals surface area contributed by atoms with Crippen molar-refractivity contribution in [3.8, 4) is 11.1 Å². The van der Waals surface area contributed by atoms with Crippen LogP contribution in [-0.2, 0) is 20.8 Å². The van der Waals surface area contributed by atoms with E-state index in [0.29, 0.717) is 19.4 Å². The third-order valence-corrected chi connectivity index (χ3v) is 5.45. The van der Waals surface area contributed by atoms with Gasteiger partial charge in [0.2, 0.25) is 17.7 Å². The van der Waals surface area contributed by atoms with Gasteiger partial charge < -0.3 is 15.5 Å². The fourth-order valence-corrected chi connectivity index (χ4v) is 3.97. The molecule has 2 aromatic rings. The average molecular weight is 377 g/mol. The highest BCUT2D eigenvalue weighted by atomic mass is 16.2. The summed E-state index contributed by atoms with van der Waals surface area (Å²) in [7, 11) is 1.62. The lowest BCUT2D eigenvalue weighted by molar-refractivity contribution is -0.138. The SMILES string of the molecule is CN(CC(=O)Nc1ccc2c(c1)Cc1ccccc1-2)C(=O)C1CCC(=O)NC1. The molecule has 0 saturated carbocycles. The molecule has 2 aromatic carbocycles. The van der Waals surface area contributed by atoms with Crippen molar-refractivity contribution >= 4 is 23.4 Å². The van der Waals surface area contributed by atoms with Gasteiger partial charge in [-0.15, -0.1) is 0 Å². The molecule has 1 atom stereocenters. The van der Waals surface area contributed by atoms with Crippen molar-refractivity contribution in [2.75, 3.05) is 25.5 Å². The molecule has 2 aliphatic rings. The zero-order valence-corrected chi connectivity index (χ0v) is 15.8. The molecule has 1 heterocycles. The minimum atomic E-state index is -0.256. The molecular weight excluding hydrogens is 354 g/mol. The van der Waals surface area contributed by atoms with Gasteiger partial charge in [0.1, 0.15) is 0 Å². The highest BCUT2D eigenvalue weighted by Crippen LogP contribution is 2.37. The number of benzene rings is 2. The van der Waals surface area contributed by atoms with E-state index in [1.165, 1.54) is 27.2 Å². The molecule has 6 heteroatoms. The molecule has 6 nitrogen and oxygen atoms in total. The summed E-state index contributed by atoms with van der Waals surface area (Å²) in [5, 5.41) is 5.60. The molecule has 1 aliphatic carbocycles. The molecule has 0 radical (unpaired) electrons. The molecule has 28 heavy (non-hydrogen) atoms. The van der Waals surface area contributed by atoms with Gasteiger partial charge in [-0.1, -0.05) is 30.3 Å². The third-order valence-electron chi connectivity index (χ3n) is 5.45. The Bertz CT molecular complexity index is 944. The lowest BCUT2D eigenvalue weighted by Crippen LogP contribution is -2.45. The van der Waals surface area contributed by atoms with Gasteiger partial charge in [-0.2, -0.15) is 0 Å². The largest absolute Gasteiger partial charge is 0.355 e. The number of hydrogen-bond acceptors (Lipinski definition) is 3. The summed E-state index contributed by atoms with van der Waals surface area (Å²) in [6.07, 6.45) is 1.75. The predicted molar refractivity (Wildman–Crippen MR) is 107 cm³/mol. The number of carbonyl (C=O) groups excluding carboxylic acids is 3. The Labute approximate surface area is 163 Å². The Balaban J connectivity index is 1.36. The quantitative estimate of drug-likeness (QED) is 0.732. The topological polar surface area (TPSA) is 78.5 Å². The number of hydrogen-bond donors (Lipinski definition) is 2. The molecule has 1 unspecified atom stereocenters. The summed E-state index contributed by atoms with van der Waals surface area (Å²) in [6, 6.07) is 14.3. The summed E-state index contributed by atoms with van der Waals surface area (Å²) in [5.41, 5.74) is 5.69. The maximum Gasteiger partial charge on any atom is 0.243 e. The van der Waals surface area contributed by atoms with Crippen LogP contribution in [-0.4, -0.2) is 42.8 Å². The predicted octanol–water partition coefficient (Wildman–Crippen LogP) is 2.18. The van der Waals surface area contributed by atoms with E-state index in [4.69, 9.17) is 0 Å². The summed E-state index contributed by atoms with van der Waals surface area (Å²) in [5.74, 6) is -0.622. The van der Waals surface area contributed by atoms with Crippen LogP contribution in [0.25, 0.3) is 11.1 Å². The number of nitrogens with one attached hydrogen (secondary N) is 2. The fourth-order valence-electron chi connectivity index (χ4n) is 3.97. The first-order valence-electron chi connectivity index (χ1n) is 9.54. The van der Waals surface area contributed by atoms with Crippen LogP contribution < -0.4 is 10.6 Å². The second-order valence-corrected chi connectivity index (χ2v) is 7.49. The maximum absolute atomic E-state index is 12.5. The minimum Gasteiger partial charge on any atom is -0.355 e. The Morgan fingerprint density at radius 3 is 2.71 bits per heavy atom. The van der Waals surface area contributed by atoms with E-state index < -0.39 is 0 Å². The highest BCUT2D eigenvalue weighted by Gasteiger charge is 2.27. The van der Waals surface area contributed by atoms with Crippen molar-refractivity contribution in [3.63, 3.8) is 0 Å². The van der Waals surface area contributed by atoms with Gasteiger partial charge >= 0.3 is 0 Å². The molecule has 4 rings (SSSR count). The second kappa shape index (κ2) is 7.46. The first-order valence-corrected chi connectivity index (χ1v) is 9.54. The lowest BCUT2D eigenvalue weighted by Gasteiger charge is -2.26. The fraction of sp³-hybridized carbons (Fsp3) is 0.318. The monoisotopic (exact) mass is 377 g/mol. The van der Waals surface area contributed by atoms with Crippen LogP contribution >= 0.6 is 0 Å². The van der Waals surface area contributed by atoms with Crippen molar-refractivity contribution in [2.24, 2.45) is 5.92 Å². The number of amides is 3. The number of anilines is 1. The van der Waals surface area contributed by atoms with Crippen molar-refractivity contribution in [1.82, 2.24) is 10.2 Å². The van der Waals surface area contributed by atoms with Gasteiger partial charge in [0.05, 0.1) is 12.5 Å². The van der Waals surface area contributed by atoms with E-state index in [0.717, 1.165) is 12.1 Å². The average Bonchev–Trinajstić information content (AvgIpc) is 3.05. The van der Waals surface area contributed by atoms with E-state index in [-0.39, 0.29) is 30.2 Å². The Kier molecular flexibility index (Phi) is 4.86. The van der Waals surface area contributed by atoms with Crippen molar-refractivity contribution in [3.05, 3.63) is 53.6 Å². The minimum absolute atomic E-state index is 0.0133. The molecule has 1 fully saturated rings. The van der Waals surface area contributed by atoms with E-state index >= 15 is 0 Å². The maximum atomic E-state index is 12.5. The summed E-state index contributed by atoms with van der Waals surface area (Å²) < 4.78 is 0. The zero-order chi connectivity index (χ0) is 19.7. The van der Waals surface area contributed by atoms with E-state index in [1.807, 2.05) is 30.3 Å². The molecule has 144 valence electrons. The van der Waals surface area contributed by atoms with Gasteiger partial charge in [0, 0.05) is 25.7 Å². The number of nitrogens with zero attached hydrogens (tertiary/aromatic N) is 1. The molecular formula is C22H23N3O3. The smallest absolute Gasteiger partial charge is 0.243 e. The first kappa shape index (κ1) is 18.2.